The number of aromatic amines is 1. The van der Waals surface area contributed by atoms with Gasteiger partial charge in [-0.05, 0) is 36.8 Å². The molecule has 0 aliphatic carbocycles. The van der Waals surface area contributed by atoms with Crippen molar-refractivity contribution in [1.82, 2.24) is 20.9 Å². The highest BCUT2D eigenvalue weighted by Crippen LogP contribution is 2.24. The van der Waals surface area contributed by atoms with Crippen molar-refractivity contribution in [1.29, 1.82) is 0 Å². The number of aliphatic hydroxyl groups excluding tert-OH is 1. The summed E-state index contributed by atoms with van der Waals surface area (Å²) < 4.78 is 27.6. The number of H-pyrrole nitrogens is 1. The van der Waals surface area contributed by atoms with Gasteiger partial charge in [0.05, 0.1) is 11.6 Å². The summed E-state index contributed by atoms with van der Waals surface area (Å²) in [6.45, 7) is 5.24. The highest BCUT2D eigenvalue weighted by atomic mass is 19.1. The second kappa shape index (κ2) is 10.5. The maximum atomic E-state index is 14.0. The first kappa shape index (κ1) is 26.3. The summed E-state index contributed by atoms with van der Waals surface area (Å²) in [6.07, 6.45) is 0.724. The highest BCUT2D eigenvalue weighted by Gasteiger charge is 2.34. The SMILES string of the molecule is CC(C)(C)CC(NC(=O)c1cc2cc(F)cc(F)c2[nH]1)C(=O)NC(C[C@@H]1CCNC1=O)C(=O)CO. The number of halogens is 2. The zero-order valence-corrected chi connectivity index (χ0v) is 19.8. The molecule has 5 N–H and O–H groups in total. The fourth-order valence-electron chi connectivity index (χ4n) is 4.15. The standard InChI is InChI=1S/C24H30F2N4O5/c1-24(2,3)10-18(23(35)29-16(19(32)11-31)7-12-4-5-27-21(12)33)30-22(34)17-8-13-6-14(25)9-15(26)20(13)28-17/h6,8-9,12,16,18,28,31H,4-5,7,10-11H2,1-3H3,(H,27,33)(H,29,35)(H,30,34)/t12-,16?,18?/m0/s1. The molecule has 1 aromatic heterocycles. The number of Topliss-reactive ketones (excluding diaryl/α,β-unsaturated/α-hetero) is 1. The van der Waals surface area contributed by atoms with Crippen molar-refractivity contribution in [2.45, 2.75) is 52.1 Å². The maximum absolute atomic E-state index is 14.0. The number of aromatic nitrogens is 1. The number of nitrogens with one attached hydrogen (secondary N) is 4. The van der Waals surface area contributed by atoms with E-state index in [4.69, 9.17) is 0 Å². The minimum Gasteiger partial charge on any atom is -0.389 e. The number of hydrogen-bond donors (Lipinski definition) is 5. The fraction of sp³-hybridized carbons (Fsp3) is 0.500. The van der Waals surface area contributed by atoms with Gasteiger partial charge in [-0.15, -0.1) is 0 Å². The van der Waals surface area contributed by atoms with E-state index in [0.29, 0.717) is 19.0 Å². The summed E-state index contributed by atoms with van der Waals surface area (Å²) in [4.78, 5) is 52.9. The average Bonchev–Trinajstić information content (AvgIpc) is 3.37. The van der Waals surface area contributed by atoms with Crippen LogP contribution in [0.1, 0.15) is 50.5 Å². The molecule has 3 atom stereocenters. The zero-order chi connectivity index (χ0) is 25.9. The second-order valence-corrected chi connectivity index (χ2v) is 10.0. The van der Waals surface area contributed by atoms with E-state index >= 15 is 0 Å². The number of carbonyl (C=O) groups is 4. The van der Waals surface area contributed by atoms with Gasteiger partial charge >= 0.3 is 0 Å². The van der Waals surface area contributed by atoms with E-state index in [2.05, 4.69) is 20.9 Å². The van der Waals surface area contributed by atoms with Crippen molar-refractivity contribution < 1.29 is 33.1 Å². The Morgan fingerprint density at radius 3 is 2.46 bits per heavy atom. The lowest BCUT2D eigenvalue weighted by Gasteiger charge is -2.28. The first-order valence-corrected chi connectivity index (χ1v) is 11.4. The molecule has 1 aliphatic rings. The molecule has 0 spiro atoms. The number of carbonyl (C=O) groups excluding carboxylic acids is 4. The van der Waals surface area contributed by atoms with Crippen LogP contribution in [0.4, 0.5) is 8.78 Å². The molecule has 35 heavy (non-hydrogen) atoms. The van der Waals surface area contributed by atoms with Gasteiger partial charge in [-0.25, -0.2) is 8.78 Å². The van der Waals surface area contributed by atoms with Crippen molar-refractivity contribution >= 4 is 34.4 Å². The smallest absolute Gasteiger partial charge is 0.268 e. The quantitative estimate of drug-likeness (QED) is 0.361. The van der Waals surface area contributed by atoms with E-state index in [1.54, 1.807) is 0 Å². The Kier molecular flexibility index (Phi) is 7.89. The molecule has 2 heterocycles. The van der Waals surface area contributed by atoms with Gasteiger partial charge in [-0.1, -0.05) is 20.8 Å². The first-order chi connectivity index (χ1) is 16.4. The maximum Gasteiger partial charge on any atom is 0.268 e. The van der Waals surface area contributed by atoms with Crippen LogP contribution in [0.15, 0.2) is 18.2 Å². The summed E-state index contributed by atoms with van der Waals surface area (Å²) in [5.74, 6) is -4.37. The van der Waals surface area contributed by atoms with Gasteiger partial charge in [0.25, 0.3) is 5.91 Å². The molecule has 9 nitrogen and oxygen atoms in total. The molecule has 11 heteroatoms. The highest BCUT2D eigenvalue weighted by molar-refractivity contribution is 6.01. The van der Waals surface area contributed by atoms with Crippen molar-refractivity contribution in [3.05, 3.63) is 35.5 Å². The van der Waals surface area contributed by atoms with E-state index in [0.717, 1.165) is 6.07 Å². The van der Waals surface area contributed by atoms with Gasteiger partial charge in [0.15, 0.2) is 5.78 Å². The lowest BCUT2D eigenvalue weighted by Crippen LogP contribution is -2.53. The normalized spacial score (nSPS) is 17.7. The molecule has 3 rings (SSSR count). The van der Waals surface area contributed by atoms with E-state index < -0.39 is 59.3 Å². The molecule has 190 valence electrons. The predicted molar refractivity (Wildman–Crippen MR) is 123 cm³/mol. The molecule has 2 unspecified atom stereocenters. The second-order valence-electron chi connectivity index (χ2n) is 10.0. The number of aliphatic hydroxyl groups is 1. The average molecular weight is 493 g/mol. The number of fused-ring (bicyclic) bond motifs is 1. The Balaban J connectivity index is 1.79. The zero-order valence-electron chi connectivity index (χ0n) is 19.8. The molecule has 0 saturated carbocycles. The van der Waals surface area contributed by atoms with Gasteiger partial charge in [0.1, 0.15) is 30.0 Å². The largest absolute Gasteiger partial charge is 0.389 e. The third kappa shape index (κ3) is 6.62. The third-order valence-electron chi connectivity index (χ3n) is 5.87. The van der Waals surface area contributed by atoms with E-state index in [9.17, 15) is 33.1 Å². The van der Waals surface area contributed by atoms with E-state index in [1.165, 1.54) is 6.07 Å². The van der Waals surface area contributed by atoms with Crippen LogP contribution in [0, 0.1) is 23.0 Å². The van der Waals surface area contributed by atoms with Crippen molar-refractivity contribution in [2.75, 3.05) is 13.2 Å². The molecule has 3 amide bonds. The summed E-state index contributed by atoms with van der Waals surface area (Å²) >= 11 is 0. The van der Waals surface area contributed by atoms with E-state index in [1.807, 2.05) is 20.8 Å². The summed E-state index contributed by atoms with van der Waals surface area (Å²) in [6, 6.07) is 0.863. The Morgan fingerprint density at radius 2 is 1.86 bits per heavy atom. The van der Waals surface area contributed by atoms with Gasteiger partial charge < -0.3 is 26.0 Å². The summed E-state index contributed by atoms with van der Waals surface area (Å²) in [5, 5.41) is 17.4. The topological polar surface area (TPSA) is 140 Å². The van der Waals surface area contributed by atoms with Gasteiger partial charge in [0, 0.05) is 23.9 Å². The number of rotatable bonds is 9. The van der Waals surface area contributed by atoms with Gasteiger partial charge in [-0.3, -0.25) is 19.2 Å². The molecule has 1 fully saturated rings. The number of amides is 3. The number of benzene rings is 1. The van der Waals surface area contributed by atoms with Crippen LogP contribution in [0.5, 0.6) is 0 Å². The Hall–Kier alpha value is -3.34. The first-order valence-electron chi connectivity index (χ1n) is 11.4. The van der Waals surface area contributed by atoms with Crippen LogP contribution in [-0.4, -0.2) is 58.8 Å². The lowest BCUT2D eigenvalue weighted by molar-refractivity contribution is -0.131. The van der Waals surface area contributed by atoms with Crippen molar-refractivity contribution in [3.63, 3.8) is 0 Å². The molecule has 0 bridgehead atoms. The number of hydrogen-bond acceptors (Lipinski definition) is 5. The van der Waals surface area contributed by atoms with Gasteiger partial charge in [-0.2, -0.15) is 0 Å². The van der Waals surface area contributed by atoms with Crippen LogP contribution in [0.2, 0.25) is 0 Å². The van der Waals surface area contributed by atoms with Crippen molar-refractivity contribution in [2.24, 2.45) is 11.3 Å². The third-order valence-corrected chi connectivity index (χ3v) is 5.87. The predicted octanol–water partition coefficient (Wildman–Crippen LogP) is 1.55. The van der Waals surface area contributed by atoms with Crippen molar-refractivity contribution in [3.8, 4) is 0 Å². The van der Waals surface area contributed by atoms with Crippen LogP contribution in [-0.2, 0) is 14.4 Å². The van der Waals surface area contributed by atoms with Crippen LogP contribution < -0.4 is 16.0 Å². The minimum absolute atomic E-state index is 0.0278. The Bertz CT molecular complexity index is 1140. The van der Waals surface area contributed by atoms with Crippen LogP contribution in [0.3, 0.4) is 0 Å². The van der Waals surface area contributed by atoms with Crippen LogP contribution in [0.25, 0.3) is 10.9 Å². The fourth-order valence-corrected chi connectivity index (χ4v) is 4.15. The molecule has 1 saturated heterocycles. The summed E-state index contributed by atoms with van der Waals surface area (Å²) in [7, 11) is 0. The van der Waals surface area contributed by atoms with Crippen LogP contribution >= 0.6 is 0 Å². The minimum atomic E-state index is -1.11. The Morgan fingerprint density at radius 1 is 1.14 bits per heavy atom. The van der Waals surface area contributed by atoms with E-state index in [-0.39, 0.29) is 35.3 Å². The molecule has 1 aromatic carbocycles. The molecular weight excluding hydrogens is 462 g/mol. The molecule has 1 aliphatic heterocycles. The molecular formula is C24H30F2N4O5. The number of ketones is 1. The molecule has 0 radical (unpaired) electrons. The lowest BCUT2D eigenvalue weighted by atomic mass is 9.87. The monoisotopic (exact) mass is 492 g/mol. The Labute approximate surface area is 201 Å². The summed E-state index contributed by atoms with van der Waals surface area (Å²) in [5.41, 5.74) is -0.522. The van der Waals surface area contributed by atoms with Gasteiger partial charge in [0.2, 0.25) is 11.8 Å². The molecule has 2 aromatic rings.